The van der Waals surface area contributed by atoms with Crippen LogP contribution in [-0.2, 0) is 6.54 Å². The van der Waals surface area contributed by atoms with Crippen molar-refractivity contribution in [2.75, 3.05) is 19.1 Å². The third-order valence-corrected chi connectivity index (χ3v) is 3.86. The molecule has 0 bridgehead atoms. The zero-order valence-electron chi connectivity index (χ0n) is 12.1. The van der Waals surface area contributed by atoms with Gasteiger partial charge in [0.05, 0.1) is 12.8 Å². The number of nitrogens with one attached hydrogen (secondary N) is 1. The van der Waals surface area contributed by atoms with Gasteiger partial charge in [-0.1, -0.05) is 12.1 Å². The molecule has 5 heteroatoms. The van der Waals surface area contributed by atoms with Crippen molar-refractivity contribution in [3.05, 3.63) is 58.1 Å². The molecule has 0 spiro atoms. The fraction of sp³-hybridized carbons (Fsp3) is 0.188. The van der Waals surface area contributed by atoms with Crippen molar-refractivity contribution < 1.29 is 4.74 Å². The average molecular weight is 348 g/mol. The van der Waals surface area contributed by atoms with E-state index in [-0.39, 0.29) is 5.84 Å². The first-order valence-corrected chi connectivity index (χ1v) is 7.28. The number of hydrogen-bond acceptors (Lipinski definition) is 3. The molecule has 21 heavy (non-hydrogen) atoms. The molecular weight excluding hydrogens is 330 g/mol. The monoisotopic (exact) mass is 347 g/mol. The molecule has 0 aliphatic rings. The van der Waals surface area contributed by atoms with E-state index in [0.717, 1.165) is 22.5 Å². The Kier molecular flexibility index (Phi) is 4.85. The van der Waals surface area contributed by atoms with Crippen molar-refractivity contribution in [1.82, 2.24) is 0 Å². The van der Waals surface area contributed by atoms with E-state index in [9.17, 15) is 0 Å². The van der Waals surface area contributed by atoms with Crippen molar-refractivity contribution in [3.63, 3.8) is 0 Å². The summed E-state index contributed by atoms with van der Waals surface area (Å²) in [5.74, 6) is 0.921. The highest BCUT2D eigenvalue weighted by Gasteiger charge is 2.09. The molecule has 0 aromatic heterocycles. The van der Waals surface area contributed by atoms with E-state index < -0.39 is 0 Å². The van der Waals surface area contributed by atoms with Crippen LogP contribution in [0.3, 0.4) is 0 Å². The Morgan fingerprint density at radius 3 is 2.67 bits per heavy atom. The highest BCUT2D eigenvalue weighted by Crippen LogP contribution is 2.28. The van der Waals surface area contributed by atoms with Gasteiger partial charge in [0.2, 0.25) is 0 Å². The Morgan fingerprint density at radius 2 is 2.05 bits per heavy atom. The van der Waals surface area contributed by atoms with Crippen molar-refractivity contribution >= 4 is 27.5 Å². The number of nitrogen functional groups attached to an aromatic ring is 1. The molecule has 2 aromatic rings. The molecule has 0 atom stereocenters. The van der Waals surface area contributed by atoms with Crippen LogP contribution in [0.5, 0.6) is 5.75 Å². The average Bonchev–Trinajstić information content (AvgIpc) is 2.47. The highest BCUT2D eigenvalue weighted by atomic mass is 79.9. The molecule has 0 amide bonds. The van der Waals surface area contributed by atoms with Crippen molar-refractivity contribution in [1.29, 1.82) is 5.41 Å². The molecule has 0 aliphatic heterocycles. The second kappa shape index (κ2) is 6.63. The number of anilines is 1. The third-order valence-electron chi connectivity index (χ3n) is 3.22. The lowest BCUT2D eigenvalue weighted by Gasteiger charge is -2.21. The number of rotatable bonds is 5. The van der Waals surface area contributed by atoms with Crippen molar-refractivity contribution in [2.24, 2.45) is 5.73 Å². The Labute approximate surface area is 133 Å². The second-order valence-electron chi connectivity index (χ2n) is 4.79. The minimum absolute atomic E-state index is 0.0673. The first-order chi connectivity index (χ1) is 10.0. The molecule has 2 rings (SSSR count). The Balaban J connectivity index is 2.19. The molecule has 0 heterocycles. The first kappa shape index (κ1) is 15.4. The standard InChI is InChI=1S/C16H18BrN3O/c1-20(10-11-4-3-5-13(8-11)21-2)15-7-6-12(16(18)19)9-14(15)17/h3-9H,10H2,1-2H3,(H3,18,19). The molecule has 3 N–H and O–H groups in total. The van der Waals surface area contributed by atoms with Gasteiger partial charge < -0.3 is 15.4 Å². The van der Waals surface area contributed by atoms with Gasteiger partial charge in [0, 0.05) is 23.6 Å². The molecule has 2 aromatic carbocycles. The maximum absolute atomic E-state index is 7.46. The number of nitrogens with two attached hydrogens (primary N) is 1. The van der Waals surface area contributed by atoms with Crippen molar-refractivity contribution in [2.45, 2.75) is 6.54 Å². The summed E-state index contributed by atoms with van der Waals surface area (Å²) in [6.45, 7) is 0.759. The zero-order valence-corrected chi connectivity index (χ0v) is 13.6. The van der Waals surface area contributed by atoms with Crippen LogP contribution in [0.25, 0.3) is 0 Å². The van der Waals surface area contributed by atoms with Gasteiger partial charge in [0.15, 0.2) is 0 Å². The van der Waals surface area contributed by atoms with Crippen LogP contribution >= 0.6 is 15.9 Å². The van der Waals surface area contributed by atoms with E-state index in [0.29, 0.717) is 5.56 Å². The molecule has 0 saturated heterocycles. The van der Waals surface area contributed by atoms with E-state index in [1.54, 1.807) is 7.11 Å². The summed E-state index contributed by atoms with van der Waals surface area (Å²) < 4.78 is 6.16. The van der Waals surface area contributed by atoms with Gasteiger partial charge >= 0.3 is 0 Å². The van der Waals surface area contributed by atoms with Crippen molar-refractivity contribution in [3.8, 4) is 5.75 Å². The maximum Gasteiger partial charge on any atom is 0.122 e. The number of amidine groups is 1. The predicted molar refractivity (Wildman–Crippen MR) is 90.3 cm³/mol. The van der Waals surface area contributed by atoms with Gasteiger partial charge in [0.1, 0.15) is 11.6 Å². The number of nitrogens with zero attached hydrogens (tertiary/aromatic N) is 1. The molecular formula is C16H18BrN3O. The quantitative estimate of drug-likeness (QED) is 0.643. The molecule has 0 radical (unpaired) electrons. The highest BCUT2D eigenvalue weighted by molar-refractivity contribution is 9.10. The van der Waals surface area contributed by atoms with Gasteiger partial charge in [-0.05, 0) is 51.8 Å². The van der Waals surface area contributed by atoms with E-state index in [4.69, 9.17) is 15.9 Å². The van der Waals surface area contributed by atoms with Crippen LogP contribution in [0.15, 0.2) is 46.9 Å². The lowest BCUT2D eigenvalue weighted by Crippen LogP contribution is -2.18. The van der Waals surface area contributed by atoms with Gasteiger partial charge in [0.25, 0.3) is 0 Å². The topological polar surface area (TPSA) is 62.3 Å². The summed E-state index contributed by atoms with van der Waals surface area (Å²) in [6, 6.07) is 13.7. The summed E-state index contributed by atoms with van der Waals surface area (Å²) in [6.07, 6.45) is 0. The summed E-state index contributed by atoms with van der Waals surface area (Å²) in [4.78, 5) is 2.13. The summed E-state index contributed by atoms with van der Waals surface area (Å²) in [5, 5.41) is 7.46. The molecule has 4 nitrogen and oxygen atoms in total. The van der Waals surface area contributed by atoms with Gasteiger partial charge in [-0.25, -0.2) is 0 Å². The first-order valence-electron chi connectivity index (χ1n) is 6.49. The van der Waals surface area contributed by atoms with Gasteiger partial charge in [-0.3, -0.25) is 5.41 Å². The summed E-state index contributed by atoms with van der Waals surface area (Å²) >= 11 is 3.54. The van der Waals surface area contributed by atoms with Crippen LogP contribution in [0.1, 0.15) is 11.1 Å². The minimum atomic E-state index is 0.0673. The third kappa shape index (κ3) is 3.76. The smallest absolute Gasteiger partial charge is 0.122 e. The largest absolute Gasteiger partial charge is 0.497 e. The molecule has 0 saturated carbocycles. The summed E-state index contributed by atoms with van der Waals surface area (Å²) in [5.41, 5.74) is 8.42. The van der Waals surface area contributed by atoms with Gasteiger partial charge in [-0.2, -0.15) is 0 Å². The fourth-order valence-corrected chi connectivity index (χ4v) is 2.80. The molecule has 0 fully saturated rings. The van der Waals surface area contributed by atoms with E-state index >= 15 is 0 Å². The second-order valence-corrected chi connectivity index (χ2v) is 5.64. The van der Waals surface area contributed by atoms with Crippen LogP contribution in [0, 0.1) is 5.41 Å². The Hall–Kier alpha value is -2.01. The summed E-state index contributed by atoms with van der Waals surface area (Å²) in [7, 11) is 3.69. The van der Waals surface area contributed by atoms with E-state index in [2.05, 4.69) is 26.9 Å². The lowest BCUT2D eigenvalue weighted by atomic mass is 10.1. The van der Waals surface area contributed by atoms with Crippen LogP contribution in [0.4, 0.5) is 5.69 Å². The number of benzene rings is 2. The van der Waals surface area contributed by atoms with E-state index in [1.165, 1.54) is 5.56 Å². The SMILES string of the molecule is COc1cccc(CN(C)c2ccc(C(=N)N)cc2Br)c1. The molecule has 0 unspecified atom stereocenters. The minimum Gasteiger partial charge on any atom is -0.497 e. The number of halogens is 1. The van der Waals surface area contributed by atoms with Gasteiger partial charge in [-0.15, -0.1) is 0 Å². The van der Waals surface area contributed by atoms with E-state index in [1.807, 2.05) is 43.4 Å². The fourth-order valence-electron chi connectivity index (χ4n) is 2.11. The zero-order chi connectivity index (χ0) is 15.4. The number of hydrogen-bond donors (Lipinski definition) is 2. The number of methoxy groups -OCH3 is 1. The number of ether oxygens (including phenoxy) is 1. The van der Waals surface area contributed by atoms with Crippen LogP contribution in [-0.4, -0.2) is 20.0 Å². The molecule has 0 aliphatic carbocycles. The Bertz CT molecular complexity index is 658. The van der Waals surface area contributed by atoms with Crippen LogP contribution in [0.2, 0.25) is 0 Å². The van der Waals surface area contributed by atoms with Crippen LogP contribution < -0.4 is 15.4 Å². The maximum atomic E-state index is 7.46. The predicted octanol–water partition coefficient (Wildman–Crippen LogP) is 3.38. The lowest BCUT2D eigenvalue weighted by molar-refractivity contribution is 0.414. The Morgan fingerprint density at radius 1 is 1.29 bits per heavy atom. The molecule has 110 valence electrons. The normalized spacial score (nSPS) is 10.2.